The molecule has 18 heavy (non-hydrogen) atoms. The first-order valence-electron chi connectivity index (χ1n) is 6.76. The number of rotatable bonds is 4. The lowest BCUT2D eigenvalue weighted by Crippen LogP contribution is -2.27. The van der Waals surface area contributed by atoms with E-state index in [2.05, 4.69) is 11.9 Å². The van der Waals surface area contributed by atoms with Crippen LogP contribution in [0.1, 0.15) is 37.7 Å². The number of benzene rings is 1. The summed E-state index contributed by atoms with van der Waals surface area (Å²) >= 11 is 12.1. The molecule has 0 aliphatic heterocycles. The van der Waals surface area contributed by atoms with Gasteiger partial charge in [-0.05, 0) is 36.5 Å². The number of hydrogen-bond donors (Lipinski definition) is 0. The largest absolute Gasteiger partial charge is 0.374 e. The van der Waals surface area contributed by atoms with E-state index in [9.17, 15) is 0 Å². The van der Waals surface area contributed by atoms with Gasteiger partial charge in [-0.25, -0.2) is 0 Å². The van der Waals surface area contributed by atoms with Gasteiger partial charge < -0.3 is 4.90 Å². The highest BCUT2D eigenvalue weighted by Crippen LogP contribution is 2.29. The molecule has 0 aromatic heterocycles. The van der Waals surface area contributed by atoms with Crippen molar-refractivity contribution in [3.05, 3.63) is 28.8 Å². The predicted octanol–water partition coefficient (Wildman–Crippen LogP) is 5.10. The van der Waals surface area contributed by atoms with Gasteiger partial charge in [0.2, 0.25) is 0 Å². The van der Waals surface area contributed by atoms with E-state index < -0.39 is 0 Å². The Balaban J connectivity index is 2.07. The highest BCUT2D eigenvalue weighted by molar-refractivity contribution is 6.31. The molecule has 0 unspecified atom stereocenters. The maximum absolute atomic E-state index is 6.09. The van der Waals surface area contributed by atoms with Gasteiger partial charge in [-0.1, -0.05) is 36.9 Å². The molecule has 0 heterocycles. The third-order valence-corrected chi connectivity index (χ3v) is 4.38. The van der Waals surface area contributed by atoms with Gasteiger partial charge in [0.05, 0.1) is 0 Å². The molecule has 1 fully saturated rings. The summed E-state index contributed by atoms with van der Waals surface area (Å²) in [6.07, 6.45) is 6.90. The lowest BCUT2D eigenvalue weighted by molar-refractivity contribution is 0.362. The standard InChI is InChI=1S/C15H21Cl2N/c1-18(11-12-5-3-2-4-6-12)15-9-14(17)8-7-13(15)10-16/h7-9,12H,2-6,10-11H2,1H3. The quantitative estimate of drug-likeness (QED) is 0.696. The second-order valence-corrected chi connectivity index (χ2v) is 5.99. The van der Waals surface area contributed by atoms with Crippen molar-refractivity contribution in [2.24, 2.45) is 5.92 Å². The van der Waals surface area contributed by atoms with E-state index in [4.69, 9.17) is 23.2 Å². The lowest BCUT2D eigenvalue weighted by atomic mass is 9.89. The summed E-state index contributed by atoms with van der Waals surface area (Å²) in [6.45, 7) is 1.12. The number of hydrogen-bond acceptors (Lipinski definition) is 1. The van der Waals surface area contributed by atoms with E-state index in [1.807, 2.05) is 18.2 Å². The molecule has 3 heteroatoms. The van der Waals surface area contributed by atoms with Crippen molar-refractivity contribution in [1.29, 1.82) is 0 Å². The maximum atomic E-state index is 6.09. The van der Waals surface area contributed by atoms with Gasteiger partial charge in [0.25, 0.3) is 0 Å². The van der Waals surface area contributed by atoms with Crippen LogP contribution in [0.3, 0.4) is 0 Å². The molecule has 1 nitrogen and oxygen atoms in total. The fraction of sp³-hybridized carbons (Fsp3) is 0.600. The molecule has 0 saturated heterocycles. The van der Waals surface area contributed by atoms with Gasteiger partial charge in [0.1, 0.15) is 0 Å². The van der Waals surface area contributed by atoms with Gasteiger partial charge in [-0.3, -0.25) is 0 Å². The van der Waals surface area contributed by atoms with Gasteiger partial charge in [-0.15, -0.1) is 11.6 Å². The highest BCUT2D eigenvalue weighted by atomic mass is 35.5. The monoisotopic (exact) mass is 285 g/mol. The molecule has 0 bridgehead atoms. The smallest absolute Gasteiger partial charge is 0.0494 e. The van der Waals surface area contributed by atoms with Gasteiger partial charge in [-0.2, -0.15) is 0 Å². The molecule has 1 aliphatic rings. The van der Waals surface area contributed by atoms with E-state index in [0.717, 1.165) is 17.5 Å². The fourth-order valence-corrected chi connectivity index (χ4v) is 3.25. The minimum atomic E-state index is 0.543. The van der Waals surface area contributed by atoms with Gasteiger partial charge >= 0.3 is 0 Å². The van der Waals surface area contributed by atoms with Gasteiger partial charge in [0.15, 0.2) is 0 Å². The summed E-state index contributed by atoms with van der Waals surface area (Å²) in [5.41, 5.74) is 2.35. The third kappa shape index (κ3) is 3.55. The number of halogens is 2. The van der Waals surface area contributed by atoms with Crippen molar-refractivity contribution < 1.29 is 0 Å². The summed E-state index contributed by atoms with van der Waals surface area (Å²) in [5.74, 6) is 1.37. The van der Waals surface area contributed by atoms with E-state index in [-0.39, 0.29) is 0 Å². The zero-order chi connectivity index (χ0) is 13.0. The minimum Gasteiger partial charge on any atom is -0.374 e. The Morgan fingerprint density at radius 3 is 2.61 bits per heavy atom. The van der Waals surface area contributed by atoms with Crippen LogP contribution in [0, 0.1) is 5.92 Å². The maximum Gasteiger partial charge on any atom is 0.0494 e. The van der Waals surface area contributed by atoms with Crippen LogP contribution in [-0.4, -0.2) is 13.6 Å². The summed E-state index contributed by atoms with van der Waals surface area (Å²) < 4.78 is 0. The number of nitrogens with zero attached hydrogens (tertiary/aromatic N) is 1. The zero-order valence-electron chi connectivity index (χ0n) is 11.0. The highest BCUT2D eigenvalue weighted by Gasteiger charge is 2.17. The molecular weight excluding hydrogens is 265 g/mol. The van der Waals surface area contributed by atoms with E-state index in [0.29, 0.717) is 5.88 Å². The molecular formula is C15H21Cl2N. The summed E-state index contributed by atoms with van der Waals surface area (Å²) in [7, 11) is 2.15. The molecule has 0 spiro atoms. The summed E-state index contributed by atoms with van der Waals surface area (Å²) in [6, 6.07) is 5.97. The SMILES string of the molecule is CN(CC1CCCCC1)c1cc(Cl)ccc1CCl. The first kappa shape index (κ1) is 14.0. The fourth-order valence-electron chi connectivity index (χ4n) is 2.86. The first-order valence-corrected chi connectivity index (χ1v) is 7.67. The van der Waals surface area contributed by atoms with Crippen molar-refractivity contribution in [3.63, 3.8) is 0 Å². The molecule has 0 radical (unpaired) electrons. The van der Waals surface area contributed by atoms with Crippen LogP contribution in [0.15, 0.2) is 18.2 Å². The van der Waals surface area contributed by atoms with Crippen LogP contribution >= 0.6 is 23.2 Å². The van der Waals surface area contributed by atoms with Crippen LogP contribution < -0.4 is 4.90 Å². The Kier molecular flexibility index (Phi) is 5.20. The summed E-state index contributed by atoms with van der Waals surface area (Å²) in [5, 5.41) is 0.786. The molecule has 1 saturated carbocycles. The van der Waals surface area contributed by atoms with Gasteiger partial charge in [0, 0.05) is 30.2 Å². The molecule has 0 atom stereocenters. The van der Waals surface area contributed by atoms with E-state index in [1.54, 1.807) is 0 Å². The molecule has 2 rings (SSSR count). The molecule has 0 N–H and O–H groups in total. The number of alkyl halides is 1. The second-order valence-electron chi connectivity index (χ2n) is 5.29. The molecule has 100 valence electrons. The van der Waals surface area contributed by atoms with Crippen LogP contribution in [0.5, 0.6) is 0 Å². The van der Waals surface area contributed by atoms with Crippen LogP contribution in [0.2, 0.25) is 5.02 Å². The van der Waals surface area contributed by atoms with Crippen LogP contribution in [-0.2, 0) is 5.88 Å². The molecule has 1 aromatic carbocycles. The van der Waals surface area contributed by atoms with Crippen LogP contribution in [0.25, 0.3) is 0 Å². The Hall–Kier alpha value is -0.400. The van der Waals surface area contributed by atoms with Crippen molar-refractivity contribution in [2.45, 2.75) is 38.0 Å². The molecule has 1 aromatic rings. The van der Waals surface area contributed by atoms with Crippen molar-refractivity contribution in [3.8, 4) is 0 Å². The van der Waals surface area contributed by atoms with E-state index >= 15 is 0 Å². The third-order valence-electron chi connectivity index (χ3n) is 3.86. The Morgan fingerprint density at radius 2 is 1.94 bits per heavy atom. The van der Waals surface area contributed by atoms with E-state index in [1.165, 1.54) is 43.4 Å². The minimum absolute atomic E-state index is 0.543. The average molecular weight is 286 g/mol. The Morgan fingerprint density at radius 1 is 1.22 bits per heavy atom. The summed E-state index contributed by atoms with van der Waals surface area (Å²) in [4.78, 5) is 2.32. The van der Waals surface area contributed by atoms with Crippen molar-refractivity contribution >= 4 is 28.9 Å². The van der Waals surface area contributed by atoms with Crippen molar-refractivity contribution in [1.82, 2.24) is 0 Å². The zero-order valence-corrected chi connectivity index (χ0v) is 12.5. The lowest BCUT2D eigenvalue weighted by Gasteiger charge is -2.29. The Labute approximate surface area is 120 Å². The second kappa shape index (κ2) is 6.68. The molecule has 1 aliphatic carbocycles. The Bertz CT molecular complexity index is 386. The molecule has 0 amide bonds. The van der Waals surface area contributed by atoms with Crippen molar-refractivity contribution in [2.75, 3.05) is 18.5 Å². The first-order chi connectivity index (χ1) is 8.70. The predicted molar refractivity (Wildman–Crippen MR) is 80.9 cm³/mol. The topological polar surface area (TPSA) is 3.24 Å². The average Bonchev–Trinajstić information content (AvgIpc) is 2.40. The normalized spacial score (nSPS) is 16.8. The van der Waals surface area contributed by atoms with Crippen LogP contribution in [0.4, 0.5) is 5.69 Å². The number of anilines is 1.